The Morgan fingerprint density at radius 3 is 2.15 bits per heavy atom. The third-order valence-corrected chi connectivity index (χ3v) is 2.55. The molecule has 1 rings (SSSR count). The largest absolute Gasteiger partial charge is 0.354 e. The molecule has 3 N–H and O–H groups in total. The Kier molecular flexibility index (Phi) is 3.10. The molecule has 0 heterocycles. The first-order valence-electron chi connectivity index (χ1n) is 4.87. The van der Waals surface area contributed by atoms with E-state index in [4.69, 9.17) is 0 Å². The van der Waals surface area contributed by atoms with E-state index in [0.29, 0.717) is 11.5 Å². The smallest absolute Gasteiger partial charge is 0.0933 e. The second-order valence-electron chi connectivity index (χ2n) is 4.75. The SMILES string of the molecule is CC(C)(C)C([NH3+])Cc1ccccc1. The molecule has 0 radical (unpaired) electrons. The molecule has 1 atom stereocenters. The van der Waals surface area contributed by atoms with Gasteiger partial charge in [0.05, 0.1) is 6.04 Å². The summed E-state index contributed by atoms with van der Waals surface area (Å²) in [6, 6.07) is 11.1. The summed E-state index contributed by atoms with van der Waals surface area (Å²) in [4.78, 5) is 0. The number of hydrogen-bond donors (Lipinski definition) is 1. The molecule has 0 aromatic heterocycles. The van der Waals surface area contributed by atoms with E-state index < -0.39 is 0 Å². The van der Waals surface area contributed by atoms with Crippen LogP contribution >= 0.6 is 0 Å². The normalized spacial score (nSPS) is 14.2. The van der Waals surface area contributed by atoms with Crippen LogP contribution in [0.2, 0.25) is 0 Å². The Balaban J connectivity index is 2.61. The van der Waals surface area contributed by atoms with Gasteiger partial charge < -0.3 is 5.73 Å². The van der Waals surface area contributed by atoms with Crippen LogP contribution in [-0.2, 0) is 6.42 Å². The molecule has 0 aliphatic heterocycles. The second-order valence-corrected chi connectivity index (χ2v) is 4.75. The second kappa shape index (κ2) is 3.93. The van der Waals surface area contributed by atoms with E-state index in [2.05, 4.69) is 56.8 Å². The predicted octanol–water partition coefficient (Wildman–Crippen LogP) is 1.89. The van der Waals surface area contributed by atoms with E-state index >= 15 is 0 Å². The van der Waals surface area contributed by atoms with Crippen LogP contribution in [0.1, 0.15) is 26.3 Å². The Bertz CT molecular complexity index is 246. The van der Waals surface area contributed by atoms with Crippen molar-refractivity contribution in [3.05, 3.63) is 35.9 Å². The molecular weight excluding hydrogens is 158 g/mol. The lowest BCUT2D eigenvalue weighted by atomic mass is 9.84. The lowest BCUT2D eigenvalue weighted by Crippen LogP contribution is -2.67. The summed E-state index contributed by atoms with van der Waals surface area (Å²) in [6.45, 7) is 6.73. The molecule has 0 aliphatic carbocycles. The zero-order valence-corrected chi connectivity index (χ0v) is 8.88. The number of quaternary nitrogens is 1. The average Bonchev–Trinajstić information content (AvgIpc) is 2.04. The van der Waals surface area contributed by atoms with Crippen molar-refractivity contribution in [3.8, 4) is 0 Å². The minimum Gasteiger partial charge on any atom is -0.354 e. The molecule has 0 fully saturated rings. The van der Waals surface area contributed by atoms with E-state index in [-0.39, 0.29) is 0 Å². The highest BCUT2D eigenvalue weighted by Crippen LogP contribution is 2.19. The topological polar surface area (TPSA) is 27.6 Å². The summed E-state index contributed by atoms with van der Waals surface area (Å²) in [5.74, 6) is 0. The van der Waals surface area contributed by atoms with Crippen LogP contribution in [0, 0.1) is 5.41 Å². The van der Waals surface area contributed by atoms with E-state index in [1.807, 2.05) is 0 Å². The fourth-order valence-corrected chi connectivity index (χ4v) is 1.20. The van der Waals surface area contributed by atoms with Crippen molar-refractivity contribution in [1.29, 1.82) is 0 Å². The van der Waals surface area contributed by atoms with Crippen LogP contribution in [0.3, 0.4) is 0 Å². The fraction of sp³-hybridized carbons (Fsp3) is 0.500. The van der Waals surface area contributed by atoms with Gasteiger partial charge in [0.15, 0.2) is 0 Å². The molecule has 13 heavy (non-hydrogen) atoms. The zero-order valence-electron chi connectivity index (χ0n) is 8.88. The van der Waals surface area contributed by atoms with Gasteiger partial charge in [-0.3, -0.25) is 0 Å². The van der Waals surface area contributed by atoms with Crippen LogP contribution < -0.4 is 5.73 Å². The van der Waals surface area contributed by atoms with Gasteiger partial charge in [-0.25, -0.2) is 0 Å². The first-order valence-corrected chi connectivity index (χ1v) is 4.87. The van der Waals surface area contributed by atoms with Crippen molar-refractivity contribution in [2.24, 2.45) is 5.41 Å². The summed E-state index contributed by atoms with van der Waals surface area (Å²) < 4.78 is 0. The Morgan fingerprint density at radius 2 is 1.69 bits per heavy atom. The van der Waals surface area contributed by atoms with Gasteiger partial charge >= 0.3 is 0 Å². The highest BCUT2D eigenvalue weighted by Gasteiger charge is 2.23. The lowest BCUT2D eigenvalue weighted by Gasteiger charge is -2.23. The van der Waals surface area contributed by atoms with Gasteiger partial charge in [0.25, 0.3) is 0 Å². The van der Waals surface area contributed by atoms with Crippen LogP contribution in [0.15, 0.2) is 30.3 Å². The highest BCUT2D eigenvalue weighted by atomic mass is 14.7. The van der Waals surface area contributed by atoms with Crippen LogP contribution in [-0.4, -0.2) is 6.04 Å². The van der Waals surface area contributed by atoms with E-state index in [1.54, 1.807) is 0 Å². The van der Waals surface area contributed by atoms with Crippen molar-refractivity contribution >= 4 is 0 Å². The Labute approximate surface area is 81.0 Å². The molecule has 72 valence electrons. The van der Waals surface area contributed by atoms with E-state index in [0.717, 1.165) is 6.42 Å². The average molecular weight is 178 g/mol. The number of hydrogen-bond acceptors (Lipinski definition) is 0. The molecule has 1 nitrogen and oxygen atoms in total. The molecule has 0 amide bonds. The van der Waals surface area contributed by atoms with E-state index in [1.165, 1.54) is 5.56 Å². The first kappa shape index (κ1) is 10.3. The molecule has 0 spiro atoms. The van der Waals surface area contributed by atoms with E-state index in [9.17, 15) is 0 Å². The molecule has 0 bridgehead atoms. The Hall–Kier alpha value is -0.820. The van der Waals surface area contributed by atoms with Gasteiger partial charge in [0.1, 0.15) is 0 Å². The molecule has 1 aromatic rings. The van der Waals surface area contributed by atoms with Gasteiger partial charge in [0.2, 0.25) is 0 Å². The fourth-order valence-electron chi connectivity index (χ4n) is 1.20. The minimum absolute atomic E-state index is 0.301. The summed E-state index contributed by atoms with van der Waals surface area (Å²) >= 11 is 0. The van der Waals surface area contributed by atoms with Crippen molar-refractivity contribution in [2.45, 2.75) is 33.2 Å². The molecule has 0 aliphatic rings. The standard InChI is InChI=1S/C12H19N/c1-12(2,3)11(13)9-10-7-5-4-6-8-10/h4-8,11H,9,13H2,1-3H3/p+1. The van der Waals surface area contributed by atoms with Crippen LogP contribution in [0.5, 0.6) is 0 Å². The monoisotopic (exact) mass is 178 g/mol. The highest BCUT2D eigenvalue weighted by molar-refractivity contribution is 5.15. The molecular formula is C12H20N+. The summed E-state index contributed by atoms with van der Waals surface area (Å²) in [5.41, 5.74) is 5.89. The van der Waals surface area contributed by atoms with Gasteiger partial charge in [-0.15, -0.1) is 0 Å². The third-order valence-electron chi connectivity index (χ3n) is 2.55. The maximum atomic E-state index is 4.20. The Morgan fingerprint density at radius 1 is 1.15 bits per heavy atom. The maximum absolute atomic E-state index is 4.20. The zero-order chi connectivity index (χ0) is 9.90. The molecule has 0 saturated carbocycles. The number of benzene rings is 1. The molecule has 0 saturated heterocycles. The predicted molar refractivity (Wildman–Crippen MR) is 56.3 cm³/mol. The minimum atomic E-state index is 0.301. The molecule has 1 unspecified atom stereocenters. The first-order chi connectivity index (χ1) is 6.00. The summed E-state index contributed by atoms with van der Waals surface area (Å²) in [6.07, 6.45) is 1.07. The van der Waals surface area contributed by atoms with Gasteiger partial charge in [-0.2, -0.15) is 0 Å². The molecule has 1 aromatic carbocycles. The van der Waals surface area contributed by atoms with Crippen molar-refractivity contribution in [2.75, 3.05) is 0 Å². The van der Waals surface area contributed by atoms with Gasteiger partial charge in [-0.1, -0.05) is 51.1 Å². The third kappa shape index (κ3) is 3.19. The quantitative estimate of drug-likeness (QED) is 0.716. The van der Waals surface area contributed by atoms with Crippen molar-refractivity contribution < 1.29 is 5.73 Å². The van der Waals surface area contributed by atoms with Gasteiger partial charge in [0, 0.05) is 11.8 Å². The van der Waals surface area contributed by atoms with Crippen LogP contribution in [0.25, 0.3) is 0 Å². The van der Waals surface area contributed by atoms with Crippen LogP contribution in [0.4, 0.5) is 0 Å². The maximum Gasteiger partial charge on any atom is 0.0933 e. The van der Waals surface area contributed by atoms with Crippen molar-refractivity contribution in [1.82, 2.24) is 0 Å². The summed E-state index contributed by atoms with van der Waals surface area (Å²) in [7, 11) is 0. The van der Waals surface area contributed by atoms with Crippen molar-refractivity contribution in [3.63, 3.8) is 0 Å². The molecule has 1 heteroatoms. The lowest BCUT2D eigenvalue weighted by molar-refractivity contribution is -0.442. The number of rotatable bonds is 2. The summed E-state index contributed by atoms with van der Waals surface area (Å²) in [5, 5.41) is 0. The van der Waals surface area contributed by atoms with Gasteiger partial charge in [-0.05, 0) is 5.56 Å².